The molecule has 0 unspecified atom stereocenters. The van der Waals surface area contributed by atoms with Gasteiger partial charge >= 0.3 is 91.1 Å². The average Bonchev–Trinajstić information content (AvgIpc) is 3.04. The van der Waals surface area contributed by atoms with Crippen molar-refractivity contribution < 1.29 is 181 Å². The summed E-state index contributed by atoms with van der Waals surface area (Å²) >= 11 is 0. The number of hydrogen-bond donors (Lipinski definition) is 0. The molecule has 0 aromatic carbocycles. The quantitative estimate of drug-likeness (QED) is 0.0699. The van der Waals surface area contributed by atoms with E-state index in [9.17, 15) is 90.0 Å². The fourth-order valence-electron chi connectivity index (χ4n) is 3.16. The predicted octanol–water partition coefficient (Wildman–Crippen LogP) is -8.23. The van der Waals surface area contributed by atoms with Crippen LogP contribution in [0.5, 0.6) is 0 Å². The van der Waals surface area contributed by atoms with Gasteiger partial charge in [0.1, 0.15) is 0 Å². The van der Waals surface area contributed by atoms with Gasteiger partial charge in [-0.15, -0.1) is 74.2 Å². The largest absolute Gasteiger partial charge is 3.00 e. The molecule has 4 radical (unpaired) electrons. The molecule has 20 nitrogen and oxygen atoms in total. The summed E-state index contributed by atoms with van der Waals surface area (Å²) in [7, 11) is 0. The molecule has 0 N–H and O–H groups in total. The number of ketones is 6. The van der Waals surface area contributed by atoms with Gasteiger partial charge in [0.15, 0.2) is 34.7 Å². The van der Waals surface area contributed by atoms with Crippen molar-refractivity contribution in [3.63, 3.8) is 0 Å². The molecule has 0 bridgehead atoms. The number of hydrogen-bond acceptors (Lipinski definition) is 20. The number of allylic oxidation sites excluding steroid dienone is 12. The molecule has 384 valence electrons. The smallest absolute Gasteiger partial charge is 0.876 e. The molecular formula is C42H66Fe3GdN2O18. The zero-order valence-electron chi connectivity index (χ0n) is 39.6. The van der Waals surface area contributed by atoms with E-state index >= 15 is 0 Å². The normalized spacial score (nSPS) is 10.5. The first-order valence-electron chi connectivity index (χ1n) is 18.5. The van der Waals surface area contributed by atoms with Crippen LogP contribution in [0.3, 0.4) is 0 Å². The first kappa shape index (κ1) is 93.8. The summed E-state index contributed by atoms with van der Waals surface area (Å²) in [6.07, 6.45) is 6.33. The maximum absolute atomic E-state index is 10.0. The van der Waals surface area contributed by atoms with E-state index in [2.05, 4.69) is 0 Å². The van der Waals surface area contributed by atoms with E-state index in [0.29, 0.717) is 39.3 Å². The molecule has 0 saturated heterocycles. The molecule has 0 spiro atoms. The van der Waals surface area contributed by atoms with Crippen molar-refractivity contribution in [3.8, 4) is 0 Å². The molecule has 0 atom stereocenters. The Labute approximate surface area is 455 Å². The fourth-order valence-corrected chi connectivity index (χ4v) is 3.16. The zero-order valence-corrected chi connectivity index (χ0v) is 45.2. The third kappa shape index (κ3) is 144. The summed E-state index contributed by atoms with van der Waals surface area (Å²) in [4.78, 5) is 63.1. The maximum Gasteiger partial charge on any atom is 3.00 e. The number of rotatable bonds is 18. The summed E-state index contributed by atoms with van der Waals surface area (Å²) in [5.41, 5.74) is 0. The number of carbonyl (C=O) groups excluding carboxylic acids is 6. The van der Waals surface area contributed by atoms with Crippen molar-refractivity contribution in [2.45, 2.75) is 83.1 Å². The second kappa shape index (κ2) is 71.8. The van der Waals surface area contributed by atoms with Gasteiger partial charge in [0.25, 0.3) is 0 Å². The standard InChI is InChI=1S/2C6H12NO3.6C5H8O2.3Fe.Gd/c2*8-4-1-7(2-5-9)3-6-10;6*1-4(6)3-5(2)7;;;;/h2*1-6H2;6*3,6H,1-2H3;;;;/q2*-3;;;;;;;4*+3/p-6/b;;6*4-3-;;;;. The Morgan fingerprint density at radius 2 is 0.379 bits per heavy atom. The second-order valence-corrected chi connectivity index (χ2v) is 12.1. The van der Waals surface area contributed by atoms with Crippen LogP contribution in [0, 0.1) is 39.9 Å². The molecule has 24 heteroatoms. The van der Waals surface area contributed by atoms with Crippen LogP contribution in [0.1, 0.15) is 83.1 Å². The molecule has 0 aromatic rings. The molecule has 0 amide bonds. The van der Waals surface area contributed by atoms with Crippen LogP contribution in [0.25, 0.3) is 0 Å². The molecule has 0 aliphatic carbocycles. The van der Waals surface area contributed by atoms with E-state index in [1.165, 1.54) is 83.1 Å². The molecule has 0 aliphatic rings. The van der Waals surface area contributed by atoms with Crippen LogP contribution in [-0.4, -0.2) is 123 Å². The minimum absolute atomic E-state index is 0. The summed E-state index contributed by atoms with van der Waals surface area (Å²) in [5.74, 6) is -2.25. The average molecular weight is 1210 g/mol. The Kier molecular flexibility index (Phi) is 102. The van der Waals surface area contributed by atoms with Gasteiger partial charge in [-0.1, -0.05) is 41.5 Å². The monoisotopic (exact) mass is 1210 g/mol. The van der Waals surface area contributed by atoms with Crippen LogP contribution < -0.4 is 61.3 Å². The van der Waals surface area contributed by atoms with Gasteiger partial charge in [-0.3, -0.25) is 28.8 Å². The second-order valence-electron chi connectivity index (χ2n) is 12.1. The third-order valence-corrected chi connectivity index (χ3v) is 4.88. The molecule has 0 saturated carbocycles. The molecule has 66 heavy (non-hydrogen) atoms. The van der Waals surface area contributed by atoms with Gasteiger partial charge in [0, 0.05) is 0 Å². The Bertz CT molecular complexity index is 1100. The van der Waals surface area contributed by atoms with E-state index in [1.807, 2.05) is 0 Å². The van der Waals surface area contributed by atoms with Crippen molar-refractivity contribution >= 4 is 34.7 Å². The SMILES string of the molecule is CC(=O)/C=C(/C)[O-].CC(=O)/C=C(/C)[O-].CC(=O)/C=C(/C)[O-].CC(=O)/C=C(/C)[O-].CC(=O)/C=C(/C)[O-].CC(=O)/C=C(/C)[O-].[Fe+3].[Fe+3].[Fe+3].[Gd+3].[O-]CCN(CC[O-])CC[O-].[O-]CCN(CC[O-])CC[O-]. The van der Waals surface area contributed by atoms with E-state index in [1.54, 1.807) is 9.80 Å². The molecule has 0 heterocycles. The summed E-state index contributed by atoms with van der Waals surface area (Å²) in [5, 5.41) is 120. The van der Waals surface area contributed by atoms with Crippen molar-refractivity contribution in [2.24, 2.45) is 0 Å². The number of carbonyl (C=O) groups is 6. The van der Waals surface area contributed by atoms with Crippen LogP contribution >= 0.6 is 0 Å². The van der Waals surface area contributed by atoms with E-state index in [4.69, 9.17) is 0 Å². The Morgan fingerprint density at radius 3 is 0.409 bits per heavy atom. The van der Waals surface area contributed by atoms with Crippen molar-refractivity contribution in [1.29, 1.82) is 0 Å². The van der Waals surface area contributed by atoms with E-state index in [0.717, 1.165) is 36.5 Å². The molecule has 0 rings (SSSR count). The maximum atomic E-state index is 10.0. The third-order valence-electron chi connectivity index (χ3n) is 4.88. The van der Waals surface area contributed by atoms with Gasteiger partial charge < -0.3 is 71.1 Å². The minimum atomic E-state index is -0.236. The van der Waals surface area contributed by atoms with Crippen LogP contribution in [-0.2, 0) is 80.0 Å². The molecule has 0 fully saturated rings. The van der Waals surface area contributed by atoms with Gasteiger partial charge in [0.05, 0.1) is 0 Å². The van der Waals surface area contributed by atoms with Gasteiger partial charge in [-0.25, -0.2) is 0 Å². The molecule has 0 aromatic heterocycles. The molecule has 0 aliphatic heterocycles. The minimum Gasteiger partial charge on any atom is -0.876 e. The number of nitrogens with zero attached hydrogens (tertiary/aromatic N) is 2. The van der Waals surface area contributed by atoms with Crippen LogP contribution in [0.4, 0.5) is 0 Å². The zero-order chi connectivity index (χ0) is 50.8. The predicted molar refractivity (Wildman–Crippen MR) is 209 cm³/mol. The topological polar surface area (TPSA) is 386 Å². The first-order valence-corrected chi connectivity index (χ1v) is 18.5. The summed E-state index contributed by atoms with van der Waals surface area (Å²) < 4.78 is 0. The first-order chi connectivity index (χ1) is 28.4. The van der Waals surface area contributed by atoms with Crippen molar-refractivity contribution in [3.05, 3.63) is 71.0 Å². The molecular weight excluding hydrogens is 1150 g/mol. The van der Waals surface area contributed by atoms with Crippen molar-refractivity contribution in [2.75, 3.05) is 78.9 Å². The van der Waals surface area contributed by atoms with E-state index < -0.39 is 0 Å². The van der Waals surface area contributed by atoms with Gasteiger partial charge in [-0.05, 0) is 117 Å². The van der Waals surface area contributed by atoms with Crippen LogP contribution in [0.2, 0.25) is 0 Å². The van der Waals surface area contributed by atoms with Gasteiger partial charge in [-0.2, -0.15) is 0 Å². The summed E-state index contributed by atoms with van der Waals surface area (Å²) in [6.45, 7) is 16.7. The Morgan fingerprint density at radius 1 is 0.288 bits per heavy atom. The van der Waals surface area contributed by atoms with Crippen molar-refractivity contribution in [1.82, 2.24) is 9.80 Å². The summed E-state index contributed by atoms with van der Waals surface area (Å²) in [6, 6.07) is 0. The van der Waals surface area contributed by atoms with Gasteiger partial charge in [0.2, 0.25) is 0 Å². The Hall–Kier alpha value is -2.18. The fraction of sp³-hybridized carbons (Fsp3) is 0.571. The Balaban J connectivity index is -0.0000000503. The van der Waals surface area contributed by atoms with Crippen LogP contribution in [0.15, 0.2) is 71.0 Å². The van der Waals surface area contributed by atoms with E-state index in [-0.39, 0.29) is 200 Å².